The number of hydrogen-bond acceptors (Lipinski definition) is 5. The predicted molar refractivity (Wildman–Crippen MR) is 80.2 cm³/mol. The molecule has 1 rings (SSSR count). The van der Waals surface area contributed by atoms with Crippen LogP contribution >= 0.6 is 19.2 Å². The summed E-state index contributed by atoms with van der Waals surface area (Å²) in [5.74, 6) is 0.417. The number of hydrogen-bond donors (Lipinski definition) is 0. The summed E-state index contributed by atoms with van der Waals surface area (Å²) in [6.45, 7) is 8.05. The van der Waals surface area contributed by atoms with Gasteiger partial charge in [-0.2, -0.15) is 0 Å². The van der Waals surface area contributed by atoms with Crippen LogP contribution in [0.3, 0.4) is 0 Å². The van der Waals surface area contributed by atoms with Crippen molar-refractivity contribution in [3.8, 4) is 0 Å². The van der Waals surface area contributed by atoms with E-state index in [0.717, 1.165) is 0 Å². The first-order valence-electron chi connectivity index (χ1n) is 6.87. The topological polar surface area (TPSA) is 61.3 Å². The van der Waals surface area contributed by atoms with Crippen LogP contribution in [0.1, 0.15) is 46.4 Å². The van der Waals surface area contributed by atoms with E-state index < -0.39 is 12.8 Å². The summed E-state index contributed by atoms with van der Waals surface area (Å²) in [5.41, 5.74) is 0. The molecule has 0 aliphatic heterocycles. The predicted octanol–water partition coefficient (Wildman–Crippen LogP) is 4.41. The van der Waals surface area contributed by atoms with Gasteiger partial charge in [-0.15, -0.1) is 0 Å². The standard InChI is InChI=1S/C13H22ClN2O3P/c1-5-13(6-2,12-15-10-9-11(14)16-12)20(17,18-7-3)19-8-4/h9-10H,5-8H2,1-4H3. The molecule has 0 fully saturated rings. The van der Waals surface area contributed by atoms with Gasteiger partial charge in [-0.25, -0.2) is 9.97 Å². The third-order valence-electron chi connectivity index (χ3n) is 3.33. The molecule has 0 saturated heterocycles. The number of nitrogens with zero attached hydrogens (tertiary/aromatic N) is 2. The zero-order chi connectivity index (χ0) is 15.2. The maximum absolute atomic E-state index is 13.2. The number of rotatable bonds is 8. The molecule has 0 amide bonds. The molecular weight excluding hydrogens is 299 g/mol. The van der Waals surface area contributed by atoms with Gasteiger partial charge in [0, 0.05) is 6.20 Å². The molecule has 0 bridgehead atoms. The zero-order valence-corrected chi connectivity index (χ0v) is 14.1. The Hall–Kier alpha value is -0.480. The molecule has 1 heterocycles. The summed E-state index contributed by atoms with van der Waals surface area (Å²) in [4.78, 5) is 8.50. The van der Waals surface area contributed by atoms with Gasteiger partial charge in [0.15, 0.2) is 0 Å². The van der Waals surface area contributed by atoms with Gasteiger partial charge in [0.1, 0.15) is 16.1 Å². The fourth-order valence-corrected chi connectivity index (χ4v) is 4.77. The van der Waals surface area contributed by atoms with Gasteiger partial charge < -0.3 is 9.05 Å². The molecule has 0 aromatic carbocycles. The van der Waals surface area contributed by atoms with E-state index in [1.807, 2.05) is 13.8 Å². The average molecular weight is 321 g/mol. The lowest BCUT2D eigenvalue weighted by Gasteiger charge is -2.36. The van der Waals surface area contributed by atoms with E-state index >= 15 is 0 Å². The highest BCUT2D eigenvalue weighted by Gasteiger charge is 2.52. The molecule has 5 nitrogen and oxygen atoms in total. The molecule has 1 aromatic heterocycles. The maximum Gasteiger partial charge on any atom is 0.344 e. The third-order valence-corrected chi connectivity index (χ3v) is 6.62. The van der Waals surface area contributed by atoms with E-state index in [1.165, 1.54) is 0 Å². The Balaban J connectivity index is 3.42. The summed E-state index contributed by atoms with van der Waals surface area (Å²) < 4.78 is 24.3. The van der Waals surface area contributed by atoms with Crippen molar-refractivity contribution in [1.29, 1.82) is 0 Å². The first-order valence-corrected chi connectivity index (χ1v) is 8.79. The second-order valence-corrected chi connectivity index (χ2v) is 7.03. The second-order valence-electron chi connectivity index (χ2n) is 4.27. The Morgan fingerprint density at radius 2 is 1.75 bits per heavy atom. The molecule has 114 valence electrons. The summed E-state index contributed by atoms with van der Waals surface area (Å²) >= 11 is 5.95. The van der Waals surface area contributed by atoms with Crippen LogP contribution in [0.4, 0.5) is 0 Å². The minimum absolute atomic E-state index is 0.305. The van der Waals surface area contributed by atoms with Gasteiger partial charge >= 0.3 is 7.60 Å². The minimum atomic E-state index is -3.39. The van der Waals surface area contributed by atoms with E-state index in [9.17, 15) is 4.57 Å². The normalized spacial score (nSPS) is 12.7. The van der Waals surface area contributed by atoms with Crippen molar-refractivity contribution in [3.05, 3.63) is 23.2 Å². The lowest BCUT2D eigenvalue weighted by molar-refractivity contribution is 0.189. The quantitative estimate of drug-likeness (QED) is 0.524. The molecule has 0 saturated carbocycles. The lowest BCUT2D eigenvalue weighted by atomic mass is 10.0. The van der Waals surface area contributed by atoms with Crippen molar-refractivity contribution < 1.29 is 13.6 Å². The van der Waals surface area contributed by atoms with Gasteiger partial charge in [0.2, 0.25) is 0 Å². The Bertz CT molecular complexity index is 470. The van der Waals surface area contributed by atoms with Crippen molar-refractivity contribution in [3.63, 3.8) is 0 Å². The molecule has 0 aliphatic rings. The van der Waals surface area contributed by atoms with E-state index in [1.54, 1.807) is 26.1 Å². The Labute approximate surface area is 125 Å². The van der Waals surface area contributed by atoms with E-state index in [2.05, 4.69) is 9.97 Å². The van der Waals surface area contributed by atoms with Crippen LogP contribution in [0.25, 0.3) is 0 Å². The fourth-order valence-electron chi connectivity index (χ4n) is 2.26. The van der Waals surface area contributed by atoms with Gasteiger partial charge in [0.05, 0.1) is 13.2 Å². The van der Waals surface area contributed by atoms with Crippen molar-refractivity contribution in [2.24, 2.45) is 0 Å². The van der Waals surface area contributed by atoms with Crippen molar-refractivity contribution in [2.75, 3.05) is 13.2 Å². The van der Waals surface area contributed by atoms with E-state index in [-0.39, 0.29) is 0 Å². The Morgan fingerprint density at radius 3 is 2.15 bits per heavy atom. The molecule has 0 aliphatic carbocycles. The van der Waals surface area contributed by atoms with Gasteiger partial charge in [-0.1, -0.05) is 25.4 Å². The highest BCUT2D eigenvalue weighted by Crippen LogP contribution is 2.67. The molecule has 7 heteroatoms. The van der Waals surface area contributed by atoms with E-state index in [4.69, 9.17) is 20.6 Å². The fraction of sp³-hybridized carbons (Fsp3) is 0.692. The summed E-state index contributed by atoms with van der Waals surface area (Å²) in [7, 11) is -3.39. The molecule has 20 heavy (non-hydrogen) atoms. The SMILES string of the molecule is CCOP(=O)(OCC)C(CC)(CC)c1nccc(Cl)n1. The maximum atomic E-state index is 13.2. The van der Waals surface area contributed by atoms with E-state index in [0.29, 0.717) is 37.0 Å². The first kappa shape index (κ1) is 17.6. The lowest BCUT2D eigenvalue weighted by Crippen LogP contribution is -2.29. The second kappa shape index (κ2) is 7.51. The van der Waals surface area contributed by atoms with Crippen LogP contribution in [-0.4, -0.2) is 23.2 Å². The molecule has 0 N–H and O–H groups in total. The smallest absolute Gasteiger partial charge is 0.308 e. The van der Waals surface area contributed by atoms with Gasteiger partial charge in [-0.3, -0.25) is 4.57 Å². The zero-order valence-electron chi connectivity index (χ0n) is 12.4. The van der Waals surface area contributed by atoms with Gasteiger partial charge in [0.25, 0.3) is 0 Å². The highest BCUT2D eigenvalue weighted by atomic mass is 35.5. The first-order chi connectivity index (χ1) is 9.49. The summed E-state index contributed by atoms with van der Waals surface area (Å²) in [6.07, 6.45) is 2.65. The Kier molecular flexibility index (Phi) is 6.59. The molecule has 0 radical (unpaired) electrons. The Morgan fingerprint density at radius 1 is 1.20 bits per heavy atom. The molecule has 0 spiro atoms. The summed E-state index contributed by atoms with van der Waals surface area (Å²) in [6, 6.07) is 1.59. The number of aromatic nitrogens is 2. The van der Waals surface area contributed by atoms with Crippen molar-refractivity contribution >= 4 is 19.2 Å². The molecule has 1 aromatic rings. The molecular formula is C13H22ClN2O3P. The van der Waals surface area contributed by atoms with Crippen LogP contribution in [0.5, 0.6) is 0 Å². The highest BCUT2D eigenvalue weighted by molar-refractivity contribution is 7.55. The van der Waals surface area contributed by atoms with Crippen LogP contribution in [0, 0.1) is 0 Å². The van der Waals surface area contributed by atoms with Crippen LogP contribution in [-0.2, 0) is 18.8 Å². The van der Waals surface area contributed by atoms with Crippen LogP contribution < -0.4 is 0 Å². The summed E-state index contributed by atoms with van der Waals surface area (Å²) in [5, 5.41) is -0.551. The largest absolute Gasteiger partial charge is 0.344 e. The molecule has 0 atom stereocenters. The van der Waals surface area contributed by atoms with Crippen molar-refractivity contribution in [2.45, 2.75) is 45.7 Å². The van der Waals surface area contributed by atoms with Crippen LogP contribution in [0.15, 0.2) is 12.3 Å². The molecule has 0 unspecified atom stereocenters. The minimum Gasteiger partial charge on any atom is -0.308 e. The average Bonchev–Trinajstić information content (AvgIpc) is 2.41. The van der Waals surface area contributed by atoms with Crippen LogP contribution in [0.2, 0.25) is 5.15 Å². The van der Waals surface area contributed by atoms with Crippen molar-refractivity contribution in [1.82, 2.24) is 9.97 Å². The number of halogens is 1. The third kappa shape index (κ3) is 3.22. The van der Waals surface area contributed by atoms with Gasteiger partial charge in [-0.05, 0) is 32.8 Å². The monoisotopic (exact) mass is 320 g/mol.